The number of para-hydroxylation sites is 1. The van der Waals surface area contributed by atoms with Crippen LogP contribution < -0.4 is 20.7 Å². The van der Waals surface area contributed by atoms with Gasteiger partial charge in [0.1, 0.15) is 11.5 Å². The van der Waals surface area contributed by atoms with Crippen molar-refractivity contribution in [3.05, 3.63) is 198 Å². The molecule has 0 saturated carbocycles. The van der Waals surface area contributed by atoms with Crippen molar-refractivity contribution in [3.8, 4) is 33.8 Å². The predicted molar refractivity (Wildman–Crippen MR) is 189 cm³/mol. The van der Waals surface area contributed by atoms with Crippen LogP contribution in [0.5, 0.6) is 11.5 Å². The molecule has 1 spiro atoms. The normalized spacial score (nSPS) is 13.7. The van der Waals surface area contributed by atoms with E-state index >= 15 is 0 Å². The molecule has 7 aromatic carbocycles. The van der Waals surface area contributed by atoms with Crippen LogP contribution in [0.25, 0.3) is 22.3 Å². The Bertz CT molecular complexity index is 2220. The summed E-state index contributed by atoms with van der Waals surface area (Å²) in [7, 11) is -3.05. The minimum Gasteiger partial charge on any atom is -0.457 e. The van der Waals surface area contributed by atoms with Crippen LogP contribution in [0, 0.1) is 0 Å². The highest BCUT2D eigenvalue weighted by atomic mass is 31.2. The molecule has 0 radical (unpaired) electrons. The van der Waals surface area contributed by atoms with Crippen molar-refractivity contribution < 1.29 is 9.30 Å². The summed E-state index contributed by atoms with van der Waals surface area (Å²) in [5.74, 6) is 1.73. The topological polar surface area (TPSA) is 26.3 Å². The van der Waals surface area contributed by atoms with Gasteiger partial charge in [-0.2, -0.15) is 0 Å². The molecule has 7 aromatic rings. The molecule has 0 unspecified atom stereocenters. The minimum absolute atomic E-state index is 0.474. The maximum absolute atomic E-state index is 14.9. The van der Waals surface area contributed by atoms with Crippen LogP contribution in [-0.4, -0.2) is 0 Å². The van der Waals surface area contributed by atoms with E-state index in [0.29, 0.717) is 0 Å². The highest BCUT2D eigenvalue weighted by molar-refractivity contribution is 7.85. The standard InChI is InChI=1S/C43H29O2P/c44-46(32-13-3-1-4-14-32,33-15-5-2-6-16-33)34-26-23-30(24-27-34)31-25-28-40-42(29-31)45-41-22-12-11-21-39(41)43(40)37-19-9-7-17-35(37)36-18-8-10-20-38(36)43/h1-29H. The Morgan fingerprint density at radius 3 is 1.46 bits per heavy atom. The maximum Gasteiger partial charge on any atom is 0.171 e. The van der Waals surface area contributed by atoms with E-state index in [1.165, 1.54) is 22.3 Å². The fourth-order valence-corrected chi connectivity index (χ4v) is 10.3. The molecular formula is C43H29O2P. The Kier molecular flexibility index (Phi) is 6.03. The monoisotopic (exact) mass is 608 g/mol. The van der Waals surface area contributed by atoms with E-state index in [-0.39, 0.29) is 0 Å². The zero-order valence-electron chi connectivity index (χ0n) is 25.0. The zero-order chi connectivity index (χ0) is 30.7. The molecule has 1 aliphatic heterocycles. The molecule has 218 valence electrons. The fourth-order valence-electron chi connectivity index (χ4n) is 7.63. The van der Waals surface area contributed by atoms with Crippen LogP contribution in [0.2, 0.25) is 0 Å². The first-order valence-electron chi connectivity index (χ1n) is 15.6. The molecule has 3 heteroatoms. The van der Waals surface area contributed by atoms with Gasteiger partial charge >= 0.3 is 0 Å². The quantitative estimate of drug-likeness (QED) is 0.186. The maximum atomic E-state index is 14.9. The van der Waals surface area contributed by atoms with Gasteiger partial charge in [0.05, 0.1) is 5.41 Å². The number of hydrogen-bond donors (Lipinski definition) is 0. The van der Waals surface area contributed by atoms with Gasteiger partial charge in [-0.05, 0) is 45.5 Å². The summed E-state index contributed by atoms with van der Waals surface area (Å²) in [4.78, 5) is 0. The van der Waals surface area contributed by atoms with Gasteiger partial charge in [0.15, 0.2) is 7.14 Å². The SMILES string of the molecule is O=P(c1ccccc1)(c1ccccc1)c1ccc(-c2ccc3c(c2)Oc2ccccc2C32c3ccccc3-c3ccccc32)cc1. The molecule has 2 aliphatic rings. The third kappa shape index (κ3) is 3.75. The van der Waals surface area contributed by atoms with Crippen molar-refractivity contribution in [2.45, 2.75) is 5.41 Å². The summed E-state index contributed by atoms with van der Waals surface area (Å²) in [6.45, 7) is 0. The van der Waals surface area contributed by atoms with Gasteiger partial charge in [-0.1, -0.05) is 164 Å². The van der Waals surface area contributed by atoms with E-state index in [9.17, 15) is 4.57 Å². The van der Waals surface area contributed by atoms with Crippen LogP contribution in [0.4, 0.5) is 0 Å². The Hall–Kier alpha value is -5.43. The number of ether oxygens (including phenoxy) is 1. The summed E-state index contributed by atoms with van der Waals surface area (Å²) in [5, 5.41) is 2.48. The van der Waals surface area contributed by atoms with Crippen LogP contribution in [-0.2, 0) is 9.98 Å². The van der Waals surface area contributed by atoms with E-state index in [2.05, 4.69) is 97.1 Å². The molecule has 9 rings (SSSR count). The van der Waals surface area contributed by atoms with Gasteiger partial charge in [-0.15, -0.1) is 0 Å². The average Bonchev–Trinajstić information content (AvgIpc) is 3.43. The molecule has 0 atom stereocenters. The molecule has 0 aromatic heterocycles. The van der Waals surface area contributed by atoms with Gasteiger partial charge < -0.3 is 9.30 Å². The smallest absolute Gasteiger partial charge is 0.171 e. The lowest BCUT2D eigenvalue weighted by molar-refractivity contribution is 0.436. The van der Waals surface area contributed by atoms with Gasteiger partial charge in [0.25, 0.3) is 0 Å². The predicted octanol–water partition coefficient (Wildman–Crippen LogP) is 9.46. The number of benzene rings is 7. The van der Waals surface area contributed by atoms with Crippen LogP contribution >= 0.6 is 7.14 Å². The molecule has 1 aliphatic carbocycles. The third-order valence-corrected chi connectivity index (χ3v) is 12.7. The number of fused-ring (bicyclic) bond motifs is 9. The summed E-state index contributed by atoms with van der Waals surface area (Å²) >= 11 is 0. The van der Waals surface area contributed by atoms with Crippen molar-refractivity contribution in [2.75, 3.05) is 0 Å². The second-order valence-electron chi connectivity index (χ2n) is 12.0. The Balaban J connectivity index is 1.19. The molecule has 2 nitrogen and oxygen atoms in total. The van der Waals surface area contributed by atoms with E-state index in [0.717, 1.165) is 49.7 Å². The van der Waals surface area contributed by atoms with Crippen molar-refractivity contribution >= 4 is 23.1 Å². The van der Waals surface area contributed by atoms with Crippen molar-refractivity contribution in [1.29, 1.82) is 0 Å². The third-order valence-electron chi connectivity index (χ3n) is 9.65. The molecule has 0 saturated heterocycles. The van der Waals surface area contributed by atoms with Crippen LogP contribution in [0.15, 0.2) is 176 Å². The lowest BCUT2D eigenvalue weighted by Crippen LogP contribution is -2.32. The molecule has 1 heterocycles. The Labute approximate surface area is 269 Å². The Morgan fingerprint density at radius 1 is 0.391 bits per heavy atom. The van der Waals surface area contributed by atoms with Gasteiger partial charge in [0, 0.05) is 27.0 Å². The van der Waals surface area contributed by atoms with E-state index in [4.69, 9.17) is 4.74 Å². The van der Waals surface area contributed by atoms with Gasteiger partial charge in [-0.3, -0.25) is 0 Å². The Morgan fingerprint density at radius 2 is 0.848 bits per heavy atom. The number of rotatable bonds is 4. The molecule has 0 N–H and O–H groups in total. The first-order chi connectivity index (χ1) is 22.7. The largest absolute Gasteiger partial charge is 0.457 e. The fraction of sp³-hybridized carbons (Fsp3) is 0.0233. The first kappa shape index (κ1) is 26.9. The lowest BCUT2D eigenvalue weighted by Gasteiger charge is -2.39. The van der Waals surface area contributed by atoms with Crippen molar-refractivity contribution in [2.24, 2.45) is 0 Å². The summed E-state index contributed by atoms with van der Waals surface area (Å²) in [5.41, 5.74) is 9.01. The van der Waals surface area contributed by atoms with Crippen LogP contribution in [0.3, 0.4) is 0 Å². The van der Waals surface area contributed by atoms with Crippen LogP contribution in [0.1, 0.15) is 22.3 Å². The molecule has 46 heavy (non-hydrogen) atoms. The molecule has 0 bridgehead atoms. The zero-order valence-corrected chi connectivity index (χ0v) is 25.9. The molecule has 0 fully saturated rings. The molecule has 0 amide bonds. The lowest BCUT2D eigenvalue weighted by atomic mass is 9.66. The van der Waals surface area contributed by atoms with E-state index in [1.54, 1.807) is 0 Å². The number of hydrogen-bond acceptors (Lipinski definition) is 2. The second-order valence-corrected chi connectivity index (χ2v) is 14.7. The highest BCUT2D eigenvalue weighted by Crippen LogP contribution is 2.62. The van der Waals surface area contributed by atoms with Crippen molar-refractivity contribution in [1.82, 2.24) is 0 Å². The van der Waals surface area contributed by atoms with E-state index < -0.39 is 12.6 Å². The van der Waals surface area contributed by atoms with Gasteiger partial charge in [-0.25, -0.2) is 0 Å². The molecular weight excluding hydrogens is 579 g/mol. The van der Waals surface area contributed by atoms with Crippen molar-refractivity contribution in [3.63, 3.8) is 0 Å². The van der Waals surface area contributed by atoms with Gasteiger partial charge in [0.2, 0.25) is 0 Å². The highest BCUT2D eigenvalue weighted by Gasteiger charge is 2.50. The summed E-state index contributed by atoms with van der Waals surface area (Å²) < 4.78 is 21.6. The second kappa shape index (κ2) is 10.3. The first-order valence-corrected chi connectivity index (χ1v) is 17.3. The average molecular weight is 609 g/mol. The minimum atomic E-state index is -3.05. The summed E-state index contributed by atoms with van der Waals surface area (Å²) in [6.07, 6.45) is 0. The summed E-state index contributed by atoms with van der Waals surface area (Å²) in [6, 6.07) is 60.4. The van der Waals surface area contributed by atoms with E-state index in [1.807, 2.05) is 78.9 Å².